The smallest absolute Gasteiger partial charge is 0.258 e. The van der Waals surface area contributed by atoms with Gasteiger partial charge >= 0.3 is 0 Å². The van der Waals surface area contributed by atoms with Crippen LogP contribution in [0.3, 0.4) is 0 Å². The molecule has 1 amide bonds. The number of nitrogens with two attached hydrogens (primary N) is 1. The normalized spacial score (nSPS) is 12.2. The highest BCUT2D eigenvalue weighted by atomic mass is 16.2. The number of nitrogens with one attached hydrogen (secondary N) is 1. The van der Waals surface area contributed by atoms with Gasteiger partial charge in [-0.1, -0.05) is 55.3 Å². The number of fused-ring (bicyclic) bond motifs is 2. The van der Waals surface area contributed by atoms with Crippen molar-refractivity contribution in [2.45, 2.75) is 38.6 Å². The largest absolute Gasteiger partial charge is 0.330 e. The summed E-state index contributed by atoms with van der Waals surface area (Å²) < 4.78 is 0. The summed E-state index contributed by atoms with van der Waals surface area (Å²) in [6, 6.07) is 20.7. The van der Waals surface area contributed by atoms with Gasteiger partial charge in [0.25, 0.3) is 11.5 Å². The number of aromatic amines is 1. The predicted octanol–water partition coefficient (Wildman–Crippen LogP) is 4.80. The van der Waals surface area contributed by atoms with E-state index in [2.05, 4.69) is 9.97 Å². The van der Waals surface area contributed by atoms with Crippen molar-refractivity contribution in [3.05, 3.63) is 88.5 Å². The SMILES string of the molecule is CC(c1nc2ccccc2c(=O)[nH]1)N(CCCCCCN)C(=O)c1ccc2ccccc2c1. The second-order valence-electron chi connectivity index (χ2n) is 8.41. The van der Waals surface area contributed by atoms with Crippen molar-refractivity contribution < 1.29 is 4.79 Å². The maximum Gasteiger partial charge on any atom is 0.258 e. The number of hydrogen-bond donors (Lipinski definition) is 2. The molecule has 1 heterocycles. The number of unbranched alkanes of at least 4 members (excludes halogenated alkanes) is 3. The molecule has 0 saturated carbocycles. The molecule has 1 atom stereocenters. The van der Waals surface area contributed by atoms with Crippen LogP contribution in [-0.2, 0) is 0 Å². The molecule has 0 aliphatic carbocycles. The lowest BCUT2D eigenvalue weighted by Gasteiger charge is -2.29. The molecular weight excluding hydrogens is 412 g/mol. The fraction of sp³-hybridized carbons (Fsp3) is 0.296. The van der Waals surface area contributed by atoms with Crippen LogP contribution in [0, 0.1) is 0 Å². The Morgan fingerprint density at radius 2 is 1.70 bits per heavy atom. The van der Waals surface area contributed by atoms with Crippen molar-refractivity contribution in [3.8, 4) is 0 Å². The monoisotopic (exact) mass is 442 g/mol. The van der Waals surface area contributed by atoms with Gasteiger partial charge in [-0.15, -0.1) is 0 Å². The van der Waals surface area contributed by atoms with Gasteiger partial charge in [0.1, 0.15) is 5.82 Å². The zero-order valence-electron chi connectivity index (χ0n) is 19.0. The molecule has 0 fully saturated rings. The van der Waals surface area contributed by atoms with Crippen molar-refractivity contribution in [2.75, 3.05) is 13.1 Å². The molecule has 0 spiro atoms. The third-order valence-corrected chi connectivity index (χ3v) is 6.10. The van der Waals surface area contributed by atoms with E-state index in [1.54, 1.807) is 6.07 Å². The Labute approximate surface area is 193 Å². The summed E-state index contributed by atoms with van der Waals surface area (Å²) >= 11 is 0. The molecule has 0 aliphatic heterocycles. The molecular formula is C27H30N4O2. The van der Waals surface area contributed by atoms with Crippen LogP contribution in [0.15, 0.2) is 71.5 Å². The fourth-order valence-electron chi connectivity index (χ4n) is 4.19. The minimum atomic E-state index is -0.379. The second-order valence-corrected chi connectivity index (χ2v) is 8.41. The molecule has 3 aromatic carbocycles. The van der Waals surface area contributed by atoms with E-state index >= 15 is 0 Å². The summed E-state index contributed by atoms with van der Waals surface area (Å²) in [5, 5.41) is 2.66. The molecule has 4 rings (SSSR count). The maximum absolute atomic E-state index is 13.7. The fourth-order valence-corrected chi connectivity index (χ4v) is 4.19. The van der Waals surface area contributed by atoms with Gasteiger partial charge in [-0.05, 0) is 61.3 Å². The average Bonchev–Trinajstić information content (AvgIpc) is 2.85. The first-order valence-electron chi connectivity index (χ1n) is 11.6. The minimum absolute atomic E-state index is 0.0668. The van der Waals surface area contributed by atoms with E-state index in [4.69, 9.17) is 5.73 Å². The summed E-state index contributed by atoms with van der Waals surface area (Å²) in [5.41, 5.74) is 6.69. The van der Waals surface area contributed by atoms with Gasteiger partial charge in [0.05, 0.1) is 16.9 Å². The second kappa shape index (κ2) is 10.4. The van der Waals surface area contributed by atoms with Crippen molar-refractivity contribution in [3.63, 3.8) is 0 Å². The lowest BCUT2D eigenvalue weighted by Crippen LogP contribution is -2.36. The molecule has 0 saturated heterocycles. The Kier molecular flexibility index (Phi) is 7.15. The van der Waals surface area contributed by atoms with E-state index < -0.39 is 0 Å². The summed E-state index contributed by atoms with van der Waals surface area (Å²) in [6.07, 6.45) is 3.87. The van der Waals surface area contributed by atoms with Crippen LogP contribution >= 0.6 is 0 Å². The van der Waals surface area contributed by atoms with Crippen LogP contribution < -0.4 is 11.3 Å². The molecule has 6 nitrogen and oxygen atoms in total. The molecule has 0 bridgehead atoms. The Morgan fingerprint density at radius 3 is 2.52 bits per heavy atom. The molecule has 33 heavy (non-hydrogen) atoms. The maximum atomic E-state index is 13.7. The van der Waals surface area contributed by atoms with E-state index in [1.807, 2.05) is 72.5 Å². The van der Waals surface area contributed by atoms with Gasteiger partial charge in [-0.25, -0.2) is 4.98 Å². The number of para-hydroxylation sites is 1. The van der Waals surface area contributed by atoms with E-state index in [9.17, 15) is 9.59 Å². The van der Waals surface area contributed by atoms with Gasteiger partial charge in [-0.2, -0.15) is 0 Å². The van der Waals surface area contributed by atoms with Gasteiger partial charge in [0.15, 0.2) is 0 Å². The number of hydrogen-bond acceptors (Lipinski definition) is 4. The summed E-state index contributed by atoms with van der Waals surface area (Å²) in [6.45, 7) is 3.18. The minimum Gasteiger partial charge on any atom is -0.330 e. The molecule has 1 unspecified atom stereocenters. The summed E-state index contributed by atoms with van der Waals surface area (Å²) in [4.78, 5) is 35.7. The average molecular weight is 443 g/mol. The van der Waals surface area contributed by atoms with Crippen LogP contribution in [-0.4, -0.2) is 33.9 Å². The number of rotatable bonds is 9. The van der Waals surface area contributed by atoms with Crippen molar-refractivity contribution in [2.24, 2.45) is 5.73 Å². The Morgan fingerprint density at radius 1 is 0.970 bits per heavy atom. The molecule has 0 aliphatic rings. The van der Waals surface area contributed by atoms with Gasteiger partial charge in [-0.3, -0.25) is 9.59 Å². The molecule has 4 aromatic rings. The van der Waals surface area contributed by atoms with Crippen LogP contribution in [0.1, 0.15) is 54.8 Å². The third-order valence-electron chi connectivity index (χ3n) is 6.10. The van der Waals surface area contributed by atoms with Crippen LogP contribution in [0.4, 0.5) is 0 Å². The number of H-pyrrole nitrogens is 1. The quantitative estimate of drug-likeness (QED) is 0.364. The van der Waals surface area contributed by atoms with Gasteiger partial charge in [0, 0.05) is 12.1 Å². The number of carbonyl (C=O) groups excluding carboxylic acids is 1. The molecule has 3 N–H and O–H groups in total. The zero-order valence-corrected chi connectivity index (χ0v) is 19.0. The van der Waals surface area contributed by atoms with Gasteiger partial charge in [0.2, 0.25) is 0 Å². The zero-order chi connectivity index (χ0) is 23.2. The molecule has 170 valence electrons. The molecule has 0 radical (unpaired) electrons. The first kappa shape index (κ1) is 22.7. The van der Waals surface area contributed by atoms with Crippen LogP contribution in [0.5, 0.6) is 0 Å². The van der Waals surface area contributed by atoms with Gasteiger partial charge < -0.3 is 15.6 Å². The first-order valence-corrected chi connectivity index (χ1v) is 11.6. The summed E-state index contributed by atoms with van der Waals surface area (Å²) in [5.74, 6) is 0.428. The molecule has 6 heteroatoms. The lowest BCUT2D eigenvalue weighted by molar-refractivity contribution is 0.0679. The predicted molar refractivity (Wildman–Crippen MR) is 133 cm³/mol. The van der Waals surface area contributed by atoms with Crippen LogP contribution in [0.25, 0.3) is 21.7 Å². The van der Waals surface area contributed by atoms with E-state index in [0.29, 0.717) is 35.4 Å². The standard InChI is InChI=1S/C27H30N4O2/c1-19(25-29-24-13-7-6-12-23(24)26(32)30-25)31(17-9-3-2-8-16-28)27(33)22-15-14-20-10-4-5-11-21(20)18-22/h4-7,10-15,18-19H,2-3,8-9,16-17,28H2,1H3,(H,29,30,32). The van der Waals surface area contributed by atoms with E-state index in [0.717, 1.165) is 36.5 Å². The Hall–Kier alpha value is -3.51. The summed E-state index contributed by atoms with van der Waals surface area (Å²) in [7, 11) is 0. The number of amides is 1. The van der Waals surface area contributed by atoms with E-state index in [-0.39, 0.29) is 17.5 Å². The van der Waals surface area contributed by atoms with E-state index in [1.165, 1.54) is 0 Å². The van der Waals surface area contributed by atoms with Crippen LogP contribution in [0.2, 0.25) is 0 Å². The third kappa shape index (κ3) is 5.12. The van der Waals surface area contributed by atoms with Crippen molar-refractivity contribution >= 4 is 27.6 Å². The lowest BCUT2D eigenvalue weighted by atomic mass is 10.0. The highest BCUT2D eigenvalue weighted by molar-refractivity contribution is 5.98. The number of benzene rings is 3. The molecule has 1 aromatic heterocycles. The number of carbonyl (C=O) groups is 1. The number of nitrogens with zero attached hydrogens (tertiary/aromatic N) is 2. The first-order chi connectivity index (χ1) is 16.1. The highest BCUT2D eigenvalue weighted by Gasteiger charge is 2.25. The topological polar surface area (TPSA) is 92.1 Å². The Balaban J connectivity index is 1.65. The highest BCUT2D eigenvalue weighted by Crippen LogP contribution is 2.23. The number of aromatic nitrogens is 2. The van der Waals surface area contributed by atoms with Crippen molar-refractivity contribution in [1.82, 2.24) is 14.9 Å². The Bertz CT molecular complexity index is 1310. The van der Waals surface area contributed by atoms with Crippen molar-refractivity contribution in [1.29, 1.82) is 0 Å².